The predicted octanol–water partition coefficient (Wildman–Crippen LogP) is 4.56. The van der Waals surface area contributed by atoms with E-state index in [9.17, 15) is 4.39 Å². The standard InChI is InChI=1S/C25H32FN3OS/c1-27-24(29-13-10-20(17-29)18-31-23-8-3-2-4-9-23)28-19-25(11-14-30-15-12-25)21-6-5-7-22(26)16-21/h2-9,16,20H,10-15,17-19H2,1H3,(H,27,28). The number of nitrogens with zero attached hydrogens (tertiary/aromatic N) is 2. The van der Waals surface area contributed by atoms with Gasteiger partial charge in [0, 0.05) is 56.0 Å². The Morgan fingerprint density at radius 1 is 1.19 bits per heavy atom. The molecule has 0 amide bonds. The summed E-state index contributed by atoms with van der Waals surface area (Å²) in [6.07, 6.45) is 2.96. The molecule has 2 saturated heterocycles. The SMILES string of the molecule is CN=C(NCC1(c2cccc(F)c2)CCOCC1)N1CCC(CSc2ccccc2)C1. The first-order chi connectivity index (χ1) is 15.2. The van der Waals surface area contributed by atoms with E-state index in [0.717, 1.165) is 49.8 Å². The van der Waals surface area contributed by atoms with Crippen LogP contribution in [0.4, 0.5) is 4.39 Å². The fourth-order valence-electron chi connectivity index (χ4n) is 4.62. The molecule has 0 radical (unpaired) electrons. The third kappa shape index (κ3) is 5.60. The van der Waals surface area contributed by atoms with Gasteiger partial charge in [0.25, 0.3) is 0 Å². The second kappa shape index (κ2) is 10.5. The van der Waals surface area contributed by atoms with Crippen LogP contribution in [0.15, 0.2) is 64.5 Å². The van der Waals surface area contributed by atoms with Crippen LogP contribution in [0.3, 0.4) is 0 Å². The molecule has 0 aromatic heterocycles. The molecule has 2 aliphatic rings. The molecule has 2 fully saturated rings. The molecule has 2 aromatic rings. The van der Waals surface area contributed by atoms with Crippen molar-refractivity contribution in [1.82, 2.24) is 10.2 Å². The first-order valence-corrected chi connectivity index (χ1v) is 12.1. The molecule has 0 bridgehead atoms. The molecule has 4 nitrogen and oxygen atoms in total. The Kier molecular flexibility index (Phi) is 7.51. The third-order valence-electron chi connectivity index (χ3n) is 6.50. The summed E-state index contributed by atoms with van der Waals surface area (Å²) in [7, 11) is 1.85. The largest absolute Gasteiger partial charge is 0.381 e. The molecule has 2 aliphatic heterocycles. The van der Waals surface area contributed by atoms with Crippen molar-refractivity contribution in [3.8, 4) is 0 Å². The van der Waals surface area contributed by atoms with Crippen LogP contribution >= 0.6 is 11.8 Å². The Morgan fingerprint density at radius 2 is 2.00 bits per heavy atom. The highest BCUT2D eigenvalue weighted by molar-refractivity contribution is 7.99. The molecule has 0 saturated carbocycles. The normalized spacial score (nSPS) is 21.3. The van der Waals surface area contributed by atoms with Gasteiger partial charge in [0.05, 0.1) is 0 Å². The monoisotopic (exact) mass is 441 g/mol. The molecule has 2 aromatic carbocycles. The summed E-state index contributed by atoms with van der Waals surface area (Å²) >= 11 is 1.94. The van der Waals surface area contributed by atoms with E-state index in [2.05, 4.69) is 45.5 Å². The van der Waals surface area contributed by atoms with Crippen molar-refractivity contribution in [1.29, 1.82) is 0 Å². The van der Waals surface area contributed by atoms with E-state index >= 15 is 0 Å². The third-order valence-corrected chi connectivity index (χ3v) is 7.74. The lowest BCUT2D eigenvalue weighted by atomic mass is 9.74. The zero-order valence-corrected chi connectivity index (χ0v) is 19.0. The molecular weight excluding hydrogens is 409 g/mol. The maximum absolute atomic E-state index is 14.0. The van der Waals surface area contributed by atoms with Crippen LogP contribution in [0.25, 0.3) is 0 Å². The van der Waals surface area contributed by atoms with Gasteiger partial charge in [-0.2, -0.15) is 0 Å². The Hall–Kier alpha value is -2.05. The van der Waals surface area contributed by atoms with Crippen LogP contribution in [-0.4, -0.2) is 56.5 Å². The van der Waals surface area contributed by atoms with E-state index in [1.54, 1.807) is 6.07 Å². The van der Waals surface area contributed by atoms with Crippen molar-refractivity contribution in [2.24, 2.45) is 10.9 Å². The molecule has 1 unspecified atom stereocenters. The second-order valence-corrected chi connectivity index (χ2v) is 9.62. The van der Waals surface area contributed by atoms with Crippen LogP contribution in [-0.2, 0) is 10.2 Å². The van der Waals surface area contributed by atoms with Gasteiger partial charge < -0.3 is 15.0 Å². The van der Waals surface area contributed by atoms with Crippen molar-refractivity contribution >= 4 is 17.7 Å². The average molecular weight is 442 g/mol. The van der Waals surface area contributed by atoms with Crippen molar-refractivity contribution in [2.75, 3.05) is 45.6 Å². The molecular formula is C25H32FN3OS. The van der Waals surface area contributed by atoms with Crippen molar-refractivity contribution in [3.05, 3.63) is 66.0 Å². The van der Waals surface area contributed by atoms with Gasteiger partial charge in [-0.15, -0.1) is 11.8 Å². The van der Waals surface area contributed by atoms with E-state index in [1.807, 2.05) is 30.9 Å². The minimum absolute atomic E-state index is 0.126. The van der Waals surface area contributed by atoms with Gasteiger partial charge in [-0.1, -0.05) is 30.3 Å². The Bertz CT molecular complexity index is 870. The summed E-state index contributed by atoms with van der Waals surface area (Å²) in [5.74, 6) is 2.56. The van der Waals surface area contributed by atoms with Crippen LogP contribution in [0.1, 0.15) is 24.8 Å². The van der Waals surface area contributed by atoms with Gasteiger partial charge in [0.15, 0.2) is 5.96 Å². The van der Waals surface area contributed by atoms with Crippen molar-refractivity contribution in [3.63, 3.8) is 0 Å². The molecule has 166 valence electrons. The molecule has 1 N–H and O–H groups in total. The highest BCUT2D eigenvalue weighted by atomic mass is 32.2. The lowest BCUT2D eigenvalue weighted by Crippen LogP contribution is -2.49. The number of thioether (sulfide) groups is 1. The lowest BCUT2D eigenvalue weighted by Gasteiger charge is -2.39. The summed E-state index contributed by atoms with van der Waals surface area (Å²) in [5, 5.41) is 3.63. The van der Waals surface area contributed by atoms with Gasteiger partial charge in [-0.25, -0.2) is 4.39 Å². The van der Waals surface area contributed by atoms with Gasteiger partial charge in [-0.3, -0.25) is 4.99 Å². The Morgan fingerprint density at radius 3 is 2.74 bits per heavy atom. The number of halogens is 1. The van der Waals surface area contributed by atoms with Gasteiger partial charge >= 0.3 is 0 Å². The number of guanidine groups is 1. The number of hydrogen-bond acceptors (Lipinski definition) is 3. The van der Waals surface area contributed by atoms with Gasteiger partial charge in [0.2, 0.25) is 0 Å². The molecule has 0 aliphatic carbocycles. The second-order valence-electron chi connectivity index (χ2n) is 8.53. The number of aliphatic imine (C=N–C) groups is 1. The van der Waals surface area contributed by atoms with Gasteiger partial charge in [-0.05, 0) is 55.0 Å². The number of nitrogens with one attached hydrogen (secondary N) is 1. The zero-order chi connectivity index (χ0) is 21.5. The Balaban J connectivity index is 1.36. The van der Waals surface area contributed by atoms with Crippen LogP contribution in [0.5, 0.6) is 0 Å². The van der Waals surface area contributed by atoms with E-state index < -0.39 is 0 Å². The fraction of sp³-hybridized carbons (Fsp3) is 0.480. The zero-order valence-electron chi connectivity index (χ0n) is 18.2. The summed E-state index contributed by atoms with van der Waals surface area (Å²) < 4.78 is 19.6. The maximum Gasteiger partial charge on any atom is 0.193 e. The smallest absolute Gasteiger partial charge is 0.193 e. The maximum atomic E-state index is 14.0. The highest BCUT2D eigenvalue weighted by Gasteiger charge is 2.35. The first kappa shape index (κ1) is 22.2. The van der Waals surface area contributed by atoms with Crippen molar-refractivity contribution in [2.45, 2.75) is 29.6 Å². The van der Waals surface area contributed by atoms with Crippen molar-refractivity contribution < 1.29 is 9.13 Å². The van der Waals surface area contributed by atoms with E-state index in [1.165, 1.54) is 17.4 Å². The molecule has 31 heavy (non-hydrogen) atoms. The number of likely N-dealkylation sites (tertiary alicyclic amines) is 1. The topological polar surface area (TPSA) is 36.9 Å². The summed E-state index contributed by atoms with van der Waals surface area (Å²) in [4.78, 5) is 8.27. The average Bonchev–Trinajstić information content (AvgIpc) is 3.28. The first-order valence-electron chi connectivity index (χ1n) is 11.2. The minimum Gasteiger partial charge on any atom is -0.381 e. The number of hydrogen-bond donors (Lipinski definition) is 1. The highest BCUT2D eigenvalue weighted by Crippen LogP contribution is 2.35. The minimum atomic E-state index is -0.175. The summed E-state index contributed by atoms with van der Waals surface area (Å²) in [5.41, 5.74) is 0.927. The predicted molar refractivity (Wildman–Crippen MR) is 126 cm³/mol. The quantitative estimate of drug-likeness (QED) is 0.405. The molecule has 0 spiro atoms. The fourth-order valence-corrected chi connectivity index (χ4v) is 5.67. The van der Waals surface area contributed by atoms with E-state index in [0.29, 0.717) is 19.1 Å². The summed E-state index contributed by atoms with van der Waals surface area (Å²) in [6, 6.07) is 17.7. The molecule has 1 atom stereocenters. The molecule has 4 rings (SSSR count). The number of benzene rings is 2. The summed E-state index contributed by atoms with van der Waals surface area (Å²) in [6.45, 7) is 4.20. The number of rotatable bonds is 6. The van der Waals surface area contributed by atoms with Crippen LogP contribution in [0, 0.1) is 11.7 Å². The van der Waals surface area contributed by atoms with E-state index in [4.69, 9.17) is 4.74 Å². The van der Waals surface area contributed by atoms with Crippen LogP contribution < -0.4 is 5.32 Å². The van der Waals surface area contributed by atoms with Crippen LogP contribution in [0.2, 0.25) is 0 Å². The molecule has 6 heteroatoms. The Labute approximate surface area is 189 Å². The van der Waals surface area contributed by atoms with E-state index in [-0.39, 0.29) is 11.2 Å². The lowest BCUT2D eigenvalue weighted by molar-refractivity contribution is 0.0511. The molecule has 2 heterocycles. The number of ether oxygens (including phenoxy) is 1. The van der Waals surface area contributed by atoms with Gasteiger partial charge in [0.1, 0.15) is 5.82 Å².